The number of aryl methyl sites for hydroxylation is 4. The first-order valence-electron chi connectivity index (χ1n) is 15.9. The van der Waals surface area contributed by atoms with Gasteiger partial charge in [0, 0.05) is 24.6 Å². The fraction of sp³-hybridized carbons (Fsp3) is 0.588. The van der Waals surface area contributed by atoms with Gasteiger partial charge in [-0.2, -0.15) is 4.72 Å². The van der Waals surface area contributed by atoms with Crippen LogP contribution in [0.3, 0.4) is 0 Å². The molecule has 1 amide bonds. The highest BCUT2D eigenvalue weighted by atomic mass is 32.2. The fourth-order valence-corrected chi connectivity index (χ4v) is 8.02. The first-order chi connectivity index (χ1) is 21.1. The number of esters is 1. The predicted molar refractivity (Wildman–Crippen MR) is 172 cm³/mol. The first-order valence-corrected chi connectivity index (χ1v) is 17.3. The molecule has 246 valence electrons. The normalized spacial score (nSPS) is 18.9. The van der Waals surface area contributed by atoms with Gasteiger partial charge >= 0.3 is 12.1 Å². The number of anilines is 1. The van der Waals surface area contributed by atoms with Gasteiger partial charge in [0.2, 0.25) is 10.0 Å². The zero-order valence-electron chi connectivity index (χ0n) is 27.6. The highest BCUT2D eigenvalue weighted by Gasteiger charge is 2.36. The third kappa shape index (κ3) is 8.70. The number of nitrogens with zero attached hydrogens (tertiary/aromatic N) is 2. The van der Waals surface area contributed by atoms with Gasteiger partial charge in [0.1, 0.15) is 23.2 Å². The molecule has 0 spiro atoms. The largest absolute Gasteiger partial charge is 0.465 e. The number of hydrogen-bond acceptors (Lipinski definition) is 8. The minimum absolute atomic E-state index is 0.0111. The molecule has 1 fully saturated rings. The summed E-state index contributed by atoms with van der Waals surface area (Å²) in [6, 6.07) is 6.44. The minimum Gasteiger partial charge on any atom is -0.465 e. The maximum Gasteiger partial charge on any atom is 0.416 e. The summed E-state index contributed by atoms with van der Waals surface area (Å²) >= 11 is 0. The van der Waals surface area contributed by atoms with E-state index < -0.39 is 33.7 Å². The molecule has 0 radical (unpaired) electrons. The molecule has 10 nitrogen and oxygen atoms in total. The number of sulfonamides is 1. The zero-order chi connectivity index (χ0) is 33.1. The Balaban J connectivity index is 1.35. The van der Waals surface area contributed by atoms with Crippen LogP contribution in [0.1, 0.15) is 87.7 Å². The van der Waals surface area contributed by atoms with Crippen molar-refractivity contribution in [3.05, 3.63) is 52.2 Å². The Kier molecular flexibility index (Phi) is 10.7. The fourth-order valence-electron chi connectivity index (χ4n) is 6.34. The number of rotatable bonds is 11. The number of benzene rings is 1. The Morgan fingerprint density at radius 2 is 1.76 bits per heavy atom. The van der Waals surface area contributed by atoms with Gasteiger partial charge in [-0.15, -0.1) is 0 Å². The van der Waals surface area contributed by atoms with Gasteiger partial charge in [0.05, 0.1) is 11.5 Å². The van der Waals surface area contributed by atoms with Crippen molar-refractivity contribution in [2.45, 2.75) is 110 Å². The molecular formula is C34H47N3O7S. The number of pyridine rings is 1. The molecule has 1 saturated carbocycles. The van der Waals surface area contributed by atoms with Crippen molar-refractivity contribution < 1.29 is 32.3 Å². The molecule has 1 atom stereocenters. The van der Waals surface area contributed by atoms with Crippen LogP contribution in [-0.2, 0) is 41.9 Å². The van der Waals surface area contributed by atoms with Crippen molar-refractivity contribution in [1.82, 2.24) is 9.71 Å². The van der Waals surface area contributed by atoms with Gasteiger partial charge in [-0.3, -0.25) is 14.5 Å². The van der Waals surface area contributed by atoms with E-state index in [1.165, 1.54) is 0 Å². The van der Waals surface area contributed by atoms with E-state index in [2.05, 4.69) is 4.72 Å². The van der Waals surface area contributed by atoms with Crippen LogP contribution in [0.2, 0.25) is 0 Å². The summed E-state index contributed by atoms with van der Waals surface area (Å²) in [5.74, 6) is 0.101. The Morgan fingerprint density at radius 3 is 2.38 bits per heavy atom. The highest BCUT2D eigenvalue weighted by molar-refractivity contribution is 7.89. The maximum absolute atomic E-state index is 13.3. The standard InChI is InChI=1S/C34H47N3O7S/c1-8-43-32(39)28(36-45(41,42)30-22(3)16-21(2)17-23(30)4)13-14-29(38)26-18-24(19-26)20-27-12-11-25-10-9-15-37(31(25)35-27)33(40)44-34(5,6)7/h11-12,16-17,24,26,28,36H,8-10,13-15,18-20H2,1-7H3/t24?,26?,28-/m0/s1. The van der Waals surface area contributed by atoms with Crippen molar-refractivity contribution >= 4 is 33.7 Å². The van der Waals surface area contributed by atoms with Gasteiger partial charge in [0.25, 0.3) is 0 Å². The number of hydrogen-bond donors (Lipinski definition) is 1. The van der Waals surface area contributed by atoms with Gasteiger partial charge in [-0.05, 0) is 116 Å². The topological polar surface area (TPSA) is 132 Å². The molecule has 0 saturated heterocycles. The van der Waals surface area contributed by atoms with E-state index in [-0.39, 0.29) is 42.0 Å². The average molecular weight is 642 g/mol. The van der Waals surface area contributed by atoms with E-state index in [1.54, 1.807) is 37.8 Å². The van der Waals surface area contributed by atoms with Crippen LogP contribution in [0.15, 0.2) is 29.2 Å². The van der Waals surface area contributed by atoms with Crippen molar-refractivity contribution in [1.29, 1.82) is 0 Å². The molecular weight excluding hydrogens is 594 g/mol. The molecule has 0 unspecified atom stereocenters. The summed E-state index contributed by atoms with van der Waals surface area (Å²) in [6.07, 6.45) is 3.50. The van der Waals surface area contributed by atoms with Crippen molar-refractivity contribution in [2.24, 2.45) is 11.8 Å². The molecule has 1 N–H and O–H groups in total. The number of amides is 1. The molecule has 11 heteroatoms. The molecule has 4 rings (SSSR count). The summed E-state index contributed by atoms with van der Waals surface area (Å²) in [7, 11) is -4.03. The van der Waals surface area contributed by atoms with E-state index in [0.29, 0.717) is 42.8 Å². The molecule has 2 aliphatic rings. The lowest BCUT2D eigenvalue weighted by Crippen LogP contribution is -2.43. The number of ether oxygens (including phenoxy) is 2. The molecule has 2 heterocycles. The second-order valence-corrected chi connectivity index (χ2v) is 15.1. The van der Waals surface area contributed by atoms with Crippen LogP contribution in [-0.4, -0.2) is 56.0 Å². The van der Waals surface area contributed by atoms with Crippen LogP contribution < -0.4 is 9.62 Å². The first kappa shape index (κ1) is 34.6. The number of carbonyl (C=O) groups is 3. The van der Waals surface area contributed by atoms with Crippen LogP contribution in [0.4, 0.5) is 10.6 Å². The average Bonchev–Trinajstić information content (AvgIpc) is 2.90. The van der Waals surface area contributed by atoms with Crippen molar-refractivity contribution in [3.63, 3.8) is 0 Å². The third-order valence-electron chi connectivity index (χ3n) is 8.32. The summed E-state index contributed by atoms with van der Waals surface area (Å²) in [6.45, 7) is 13.2. The molecule has 0 bridgehead atoms. The maximum atomic E-state index is 13.3. The van der Waals surface area contributed by atoms with Crippen LogP contribution in [0.5, 0.6) is 0 Å². The predicted octanol–water partition coefficient (Wildman–Crippen LogP) is 5.52. The molecule has 1 aromatic carbocycles. The monoisotopic (exact) mass is 641 g/mol. The molecule has 45 heavy (non-hydrogen) atoms. The summed E-state index contributed by atoms with van der Waals surface area (Å²) in [5, 5.41) is 0. The number of Topliss-reactive ketones (excluding diaryl/α,β-unsaturated/α-hetero) is 1. The smallest absolute Gasteiger partial charge is 0.416 e. The lowest BCUT2D eigenvalue weighted by Gasteiger charge is -2.35. The van der Waals surface area contributed by atoms with E-state index >= 15 is 0 Å². The number of carbonyl (C=O) groups excluding carboxylic acids is 3. The zero-order valence-corrected chi connectivity index (χ0v) is 28.4. The number of aromatic nitrogens is 1. The van der Waals surface area contributed by atoms with Crippen LogP contribution in [0.25, 0.3) is 0 Å². The number of nitrogens with one attached hydrogen (secondary N) is 1. The Bertz CT molecular complexity index is 1520. The van der Waals surface area contributed by atoms with E-state index in [4.69, 9.17) is 14.5 Å². The van der Waals surface area contributed by atoms with E-state index in [0.717, 1.165) is 29.7 Å². The lowest BCUT2D eigenvalue weighted by molar-refractivity contribution is -0.145. The second kappa shape index (κ2) is 14.0. The minimum atomic E-state index is -4.03. The molecule has 1 aromatic heterocycles. The van der Waals surface area contributed by atoms with Crippen molar-refractivity contribution in [3.8, 4) is 0 Å². The molecule has 1 aliphatic carbocycles. The lowest BCUT2D eigenvalue weighted by atomic mass is 9.70. The molecule has 2 aromatic rings. The van der Waals surface area contributed by atoms with E-state index in [9.17, 15) is 22.8 Å². The quantitative estimate of drug-likeness (QED) is 0.317. The summed E-state index contributed by atoms with van der Waals surface area (Å²) in [4.78, 5) is 45.3. The third-order valence-corrected chi connectivity index (χ3v) is 10.1. The van der Waals surface area contributed by atoms with E-state index in [1.807, 2.05) is 39.8 Å². The number of fused-ring (bicyclic) bond motifs is 1. The summed E-state index contributed by atoms with van der Waals surface area (Å²) in [5.41, 5.74) is 3.42. The Hall–Kier alpha value is -3.31. The highest BCUT2D eigenvalue weighted by Crippen LogP contribution is 2.38. The summed E-state index contributed by atoms with van der Waals surface area (Å²) < 4.78 is 39.9. The Labute approximate surface area is 267 Å². The van der Waals surface area contributed by atoms with Gasteiger partial charge in [-0.1, -0.05) is 23.8 Å². The van der Waals surface area contributed by atoms with Crippen LogP contribution >= 0.6 is 0 Å². The Morgan fingerprint density at radius 1 is 1.09 bits per heavy atom. The van der Waals surface area contributed by atoms with Gasteiger partial charge < -0.3 is 9.47 Å². The second-order valence-electron chi connectivity index (χ2n) is 13.4. The van der Waals surface area contributed by atoms with Crippen molar-refractivity contribution in [2.75, 3.05) is 18.1 Å². The SMILES string of the molecule is CCOC(=O)[C@H](CCC(=O)C1CC(Cc2ccc3c(n2)N(C(=O)OC(C)(C)C)CCC3)C1)NS(=O)(=O)c1c(C)cc(C)cc1C. The molecule has 1 aliphatic heterocycles. The van der Waals surface area contributed by atoms with Gasteiger partial charge in [-0.25, -0.2) is 18.2 Å². The van der Waals surface area contributed by atoms with Crippen LogP contribution in [0, 0.1) is 32.6 Å². The van der Waals surface area contributed by atoms with Gasteiger partial charge in [0.15, 0.2) is 0 Å². The number of ketones is 1.